The van der Waals surface area contributed by atoms with Crippen molar-refractivity contribution in [3.05, 3.63) is 35.4 Å². The molecule has 19 heavy (non-hydrogen) atoms. The van der Waals surface area contributed by atoms with Gasteiger partial charge in [0.2, 0.25) is 0 Å². The number of alkyl halides is 3. The molecule has 0 amide bonds. The standard InChI is InChI=1S/C13H17F3O2S/c1-10-2-4-11(5-3-10)12(8-17,9-18)6-7-19-13(14,15)16/h2-5,17-18H,6-9H2,1H3. The molecule has 108 valence electrons. The number of hydrogen-bond acceptors (Lipinski definition) is 3. The lowest BCUT2D eigenvalue weighted by molar-refractivity contribution is -0.0329. The number of aliphatic hydroxyl groups is 2. The normalized spacial score (nSPS) is 12.7. The number of hydrogen-bond donors (Lipinski definition) is 2. The summed E-state index contributed by atoms with van der Waals surface area (Å²) in [5, 5.41) is 19.0. The van der Waals surface area contributed by atoms with E-state index in [9.17, 15) is 23.4 Å². The van der Waals surface area contributed by atoms with Crippen LogP contribution >= 0.6 is 11.8 Å². The summed E-state index contributed by atoms with van der Waals surface area (Å²) in [5.41, 5.74) is -3.64. The number of rotatable bonds is 6. The monoisotopic (exact) mass is 294 g/mol. The minimum atomic E-state index is -4.29. The Morgan fingerprint density at radius 1 is 1.05 bits per heavy atom. The van der Waals surface area contributed by atoms with Gasteiger partial charge in [-0.15, -0.1) is 0 Å². The number of aliphatic hydroxyl groups excluding tert-OH is 2. The fourth-order valence-electron chi connectivity index (χ4n) is 1.80. The molecule has 0 fully saturated rings. The largest absolute Gasteiger partial charge is 0.441 e. The minimum Gasteiger partial charge on any atom is -0.395 e. The second kappa shape index (κ2) is 6.63. The summed E-state index contributed by atoms with van der Waals surface area (Å²) in [6.07, 6.45) is 0.0627. The Bertz CT molecular complexity index is 386. The molecule has 0 aliphatic heterocycles. The van der Waals surface area contributed by atoms with Gasteiger partial charge in [0.1, 0.15) is 0 Å². The number of benzene rings is 1. The molecule has 0 heterocycles. The van der Waals surface area contributed by atoms with Crippen LogP contribution in [0.25, 0.3) is 0 Å². The Kier molecular flexibility index (Phi) is 5.70. The Morgan fingerprint density at radius 2 is 1.58 bits per heavy atom. The van der Waals surface area contributed by atoms with Gasteiger partial charge in [-0.3, -0.25) is 0 Å². The van der Waals surface area contributed by atoms with Gasteiger partial charge < -0.3 is 10.2 Å². The van der Waals surface area contributed by atoms with Crippen molar-refractivity contribution in [1.82, 2.24) is 0 Å². The molecular formula is C13H17F3O2S. The lowest BCUT2D eigenvalue weighted by Crippen LogP contribution is -2.35. The van der Waals surface area contributed by atoms with E-state index in [1.54, 1.807) is 12.1 Å². The van der Waals surface area contributed by atoms with E-state index >= 15 is 0 Å². The van der Waals surface area contributed by atoms with Crippen LogP contribution in [0.1, 0.15) is 17.5 Å². The van der Waals surface area contributed by atoms with Gasteiger partial charge in [0.05, 0.1) is 13.2 Å². The van der Waals surface area contributed by atoms with Gasteiger partial charge in [-0.05, 0) is 18.9 Å². The van der Waals surface area contributed by atoms with E-state index in [2.05, 4.69) is 0 Å². The van der Waals surface area contributed by atoms with Crippen LogP contribution in [-0.2, 0) is 5.41 Å². The lowest BCUT2D eigenvalue weighted by Gasteiger charge is -2.30. The third kappa shape index (κ3) is 4.71. The molecular weight excluding hydrogens is 277 g/mol. The predicted molar refractivity (Wildman–Crippen MR) is 70.2 cm³/mol. The first kappa shape index (κ1) is 16.3. The topological polar surface area (TPSA) is 40.5 Å². The van der Waals surface area contributed by atoms with Crippen molar-refractivity contribution in [2.24, 2.45) is 0 Å². The quantitative estimate of drug-likeness (QED) is 0.847. The molecule has 0 radical (unpaired) electrons. The molecule has 0 bridgehead atoms. The molecule has 2 nitrogen and oxygen atoms in total. The summed E-state index contributed by atoms with van der Waals surface area (Å²) < 4.78 is 36.4. The fraction of sp³-hybridized carbons (Fsp3) is 0.538. The second-order valence-electron chi connectivity index (χ2n) is 4.51. The zero-order valence-corrected chi connectivity index (χ0v) is 11.4. The maximum Gasteiger partial charge on any atom is 0.441 e. The third-order valence-electron chi connectivity index (χ3n) is 3.12. The predicted octanol–water partition coefficient (Wildman–Crippen LogP) is 2.86. The van der Waals surface area contributed by atoms with Crippen LogP contribution < -0.4 is 0 Å². The summed E-state index contributed by atoms with van der Waals surface area (Å²) in [6.45, 7) is 1.12. The first-order chi connectivity index (χ1) is 8.83. The Hall–Kier alpha value is -0.720. The fourth-order valence-corrected chi connectivity index (χ4v) is 2.53. The highest BCUT2D eigenvalue weighted by atomic mass is 32.2. The van der Waals surface area contributed by atoms with Gasteiger partial charge in [-0.25, -0.2) is 0 Å². The van der Waals surface area contributed by atoms with E-state index in [1.807, 2.05) is 19.1 Å². The average molecular weight is 294 g/mol. The molecule has 0 aromatic heterocycles. The van der Waals surface area contributed by atoms with Crippen LogP contribution in [0, 0.1) is 6.92 Å². The molecule has 0 aliphatic carbocycles. The van der Waals surface area contributed by atoms with Crippen LogP contribution in [0.5, 0.6) is 0 Å². The SMILES string of the molecule is Cc1ccc(C(CO)(CO)CCSC(F)(F)F)cc1. The maximum absolute atomic E-state index is 12.1. The molecule has 0 spiro atoms. The van der Waals surface area contributed by atoms with Crippen LogP contribution in [0.2, 0.25) is 0 Å². The molecule has 1 rings (SSSR count). The number of thioether (sulfide) groups is 1. The third-order valence-corrected chi connectivity index (χ3v) is 3.85. The molecule has 6 heteroatoms. The first-order valence-corrected chi connectivity index (χ1v) is 6.81. The molecule has 1 aromatic rings. The molecule has 2 N–H and O–H groups in total. The van der Waals surface area contributed by atoms with E-state index < -0.39 is 10.9 Å². The average Bonchev–Trinajstić information content (AvgIpc) is 2.35. The molecule has 0 saturated heterocycles. The van der Waals surface area contributed by atoms with Crippen molar-refractivity contribution in [2.45, 2.75) is 24.3 Å². The van der Waals surface area contributed by atoms with Gasteiger partial charge in [0.25, 0.3) is 0 Å². The van der Waals surface area contributed by atoms with Crippen molar-refractivity contribution < 1.29 is 23.4 Å². The summed E-state index contributed by atoms with van der Waals surface area (Å²) >= 11 is -0.133. The van der Waals surface area contributed by atoms with Gasteiger partial charge in [-0.2, -0.15) is 13.2 Å². The van der Waals surface area contributed by atoms with E-state index in [0.29, 0.717) is 5.56 Å². The van der Waals surface area contributed by atoms with Crippen molar-refractivity contribution >= 4 is 11.8 Å². The minimum absolute atomic E-state index is 0.0627. The summed E-state index contributed by atoms with van der Waals surface area (Å²) in [7, 11) is 0. The molecule has 0 aliphatic rings. The highest BCUT2D eigenvalue weighted by Crippen LogP contribution is 2.35. The van der Waals surface area contributed by atoms with Crippen molar-refractivity contribution in [3.8, 4) is 0 Å². The summed E-state index contributed by atoms with van der Waals surface area (Å²) in [6, 6.07) is 7.10. The van der Waals surface area contributed by atoms with E-state index in [-0.39, 0.29) is 37.1 Å². The van der Waals surface area contributed by atoms with Crippen molar-refractivity contribution in [3.63, 3.8) is 0 Å². The maximum atomic E-state index is 12.1. The van der Waals surface area contributed by atoms with Gasteiger partial charge >= 0.3 is 5.51 Å². The summed E-state index contributed by atoms with van der Waals surface area (Å²) in [4.78, 5) is 0. The smallest absolute Gasteiger partial charge is 0.395 e. The van der Waals surface area contributed by atoms with Crippen LogP contribution in [0.4, 0.5) is 13.2 Å². The zero-order chi connectivity index (χ0) is 14.5. The van der Waals surface area contributed by atoms with Crippen LogP contribution in [0.3, 0.4) is 0 Å². The zero-order valence-electron chi connectivity index (χ0n) is 10.6. The van der Waals surface area contributed by atoms with E-state index in [1.165, 1.54) is 0 Å². The van der Waals surface area contributed by atoms with Gasteiger partial charge in [0, 0.05) is 11.2 Å². The molecule has 0 unspecified atom stereocenters. The van der Waals surface area contributed by atoms with Crippen LogP contribution in [0.15, 0.2) is 24.3 Å². The summed E-state index contributed by atoms with van der Waals surface area (Å²) in [5.74, 6) is -0.196. The van der Waals surface area contributed by atoms with Gasteiger partial charge in [-0.1, -0.05) is 41.6 Å². The van der Waals surface area contributed by atoms with Crippen molar-refractivity contribution in [1.29, 1.82) is 0 Å². The Labute approximate surface area is 114 Å². The Morgan fingerprint density at radius 3 is 2.00 bits per heavy atom. The first-order valence-electron chi connectivity index (χ1n) is 5.82. The highest BCUT2D eigenvalue weighted by molar-refractivity contribution is 8.00. The highest BCUT2D eigenvalue weighted by Gasteiger charge is 2.34. The molecule has 0 atom stereocenters. The van der Waals surface area contributed by atoms with Crippen LogP contribution in [-0.4, -0.2) is 34.7 Å². The van der Waals surface area contributed by atoms with Gasteiger partial charge in [0.15, 0.2) is 0 Å². The van der Waals surface area contributed by atoms with E-state index in [0.717, 1.165) is 5.56 Å². The number of aryl methyl sites for hydroxylation is 1. The molecule has 0 saturated carbocycles. The van der Waals surface area contributed by atoms with Crippen molar-refractivity contribution in [2.75, 3.05) is 19.0 Å². The van der Waals surface area contributed by atoms with E-state index in [4.69, 9.17) is 0 Å². The second-order valence-corrected chi connectivity index (χ2v) is 5.67. The lowest BCUT2D eigenvalue weighted by atomic mass is 9.79. The Balaban J connectivity index is 2.82. The number of halogens is 3. The molecule has 1 aromatic carbocycles.